The van der Waals surface area contributed by atoms with E-state index in [1.165, 1.54) is 6.42 Å². The van der Waals surface area contributed by atoms with Crippen LogP contribution in [0, 0.1) is 0 Å². The van der Waals surface area contributed by atoms with Crippen molar-refractivity contribution in [2.75, 3.05) is 37.4 Å². The maximum absolute atomic E-state index is 13.6. The van der Waals surface area contributed by atoms with Crippen LogP contribution in [0.5, 0.6) is 5.75 Å². The Balaban J connectivity index is 0.00000155. The number of nitrogens with zero attached hydrogens (tertiary/aromatic N) is 9. The number of amides is 2. The van der Waals surface area contributed by atoms with E-state index in [0.717, 1.165) is 79.5 Å². The monoisotopic (exact) mass is 725 g/mol. The van der Waals surface area contributed by atoms with Gasteiger partial charge in [0.05, 0.1) is 24.5 Å². The first kappa shape index (κ1) is 37.3. The second-order valence-electron chi connectivity index (χ2n) is 15.0. The van der Waals surface area contributed by atoms with Gasteiger partial charge in [0.1, 0.15) is 17.7 Å². The van der Waals surface area contributed by atoms with Gasteiger partial charge in [-0.05, 0) is 76.4 Å². The standard InChI is InChI=1S/C37H49N11O2.CH2O2/c1-25-11-9-10-19-46(25)36-41-40-32-17-14-26(24-47(32)36)50-30-16-15-29(27-12-7-8-13-28(27)30)38-35(49)39-34-23-31(37(2,3)4)42-48(34)33-18-20-45(43-33)22-21-44(5)6;2-1-3/h7-8,12-14,17-18,20,23-25,29-30H,9-11,15-16,19,21-22H2,1-6H3,(H2,38,39,49);1H,(H,2,3). The van der Waals surface area contributed by atoms with E-state index >= 15 is 0 Å². The Morgan fingerprint density at radius 3 is 2.55 bits per heavy atom. The smallest absolute Gasteiger partial charge is 0.320 e. The number of pyridine rings is 1. The molecule has 15 nitrogen and oxygen atoms in total. The third-order valence-corrected chi connectivity index (χ3v) is 9.78. The molecule has 5 heterocycles. The zero-order valence-electron chi connectivity index (χ0n) is 31.4. The zero-order valence-corrected chi connectivity index (χ0v) is 31.4. The number of carbonyl (C=O) groups is 2. The molecule has 3 atom stereocenters. The number of piperidine rings is 1. The van der Waals surface area contributed by atoms with Gasteiger partial charge in [0.25, 0.3) is 6.47 Å². The first-order valence-corrected chi connectivity index (χ1v) is 18.3. The predicted molar refractivity (Wildman–Crippen MR) is 203 cm³/mol. The summed E-state index contributed by atoms with van der Waals surface area (Å²) in [5, 5.41) is 31.8. The van der Waals surface area contributed by atoms with Crippen molar-refractivity contribution in [2.45, 2.75) is 89.9 Å². The van der Waals surface area contributed by atoms with Crippen molar-refractivity contribution in [1.82, 2.24) is 44.4 Å². The Hall–Kier alpha value is -5.44. The molecular weight excluding hydrogens is 674 g/mol. The summed E-state index contributed by atoms with van der Waals surface area (Å²) in [6.45, 7) is 10.9. The fourth-order valence-electron chi connectivity index (χ4n) is 6.92. The van der Waals surface area contributed by atoms with Crippen molar-refractivity contribution in [3.05, 3.63) is 77.7 Å². The van der Waals surface area contributed by atoms with Crippen LogP contribution < -0.4 is 20.3 Å². The molecule has 1 aromatic carbocycles. The second kappa shape index (κ2) is 16.1. The van der Waals surface area contributed by atoms with Crippen molar-refractivity contribution in [3.63, 3.8) is 0 Å². The number of hydrogen-bond acceptors (Lipinski definition) is 9. The minimum absolute atomic E-state index is 0.156. The average Bonchev–Trinajstić information content (AvgIpc) is 3.88. The quantitative estimate of drug-likeness (QED) is 0.158. The van der Waals surface area contributed by atoms with Crippen LogP contribution >= 0.6 is 0 Å². The molecule has 1 fully saturated rings. The van der Waals surface area contributed by atoms with Crippen LogP contribution in [0.1, 0.15) is 88.8 Å². The molecule has 1 aliphatic heterocycles. The highest BCUT2D eigenvalue weighted by molar-refractivity contribution is 5.89. The van der Waals surface area contributed by atoms with Crippen LogP contribution in [-0.2, 0) is 16.8 Å². The van der Waals surface area contributed by atoms with Gasteiger partial charge in [0, 0.05) is 42.9 Å². The van der Waals surface area contributed by atoms with Gasteiger partial charge >= 0.3 is 6.03 Å². The Morgan fingerprint density at radius 1 is 1.04 bits per heavy atom. The number of carbonyl (C=O) groups excluding carboxylic acids is 1. The van der Waals surface area contributed by atoms with E-state index in [0.29, 0.717) is 17.7 Å². The number of benzene rings is 1. The van der Waals surface area contributed by atoms with Crippen LogP contribution in [0.3, 0.4) is 0 Å². The molecule has 3 unspecified atom stereocenters. The average molecular weight is 726 g/mol. The molecule has 3 N–H and O–H groups in total. The highest BCUT2D eigenvalue weighted by Crippen LogP contribution is 2.39. The molecule has 2 aliphatic rings. The van der Waals surface area contributed by atoms with Crippen LogP contribution in [0.15, 0.2) is 60.9 Å². The Kier molecular flexibility index (Phi) is 11.3. The molecule has 2 amide bonds. The van der Waals surface area contributed by atoms with Gasteiger partial charge in [-0.15, -0.1) is 10.2 Å². The molecule has 1 aliphatic carbocycles. The summed E-state index contributed by atoms with van der Waals surface area (Å²) in [4.78, 5) is 26.5. The number of fused-ring (bicyclic) bond motifs is 2. The Labute approximate surface area is 309 Å². The minimum Gasteiger partial charge on any atom is -0.484 e. The van der Waals surface area contributed by atoms with Crippen molar-refractivity contribution >= 4 is 29.9 Å². The molecule has 4 aromatic heterocycles. The molecule has 0 bridgehead atoms. The minimum atomic E-state index is -0.296. The molecule has 15 heteroatoms. The lowest BCUT2D eigenvalue weighted by molar-refractivity contribution is -0.122. The van der Waals surface area contributed by atoms with E-state index in [4.69, 9.17) is 24.8 Å². The van der Waals surface area contributed by atoms with Crippen LogP contribution in [0.4, 0.5) is 16.6 Å². The van der Waals surface area contributed by atoms with Crippen molar-refractivity contribution in [2.24, 2.45) is 0 Å². The van der Waals surface area contributed by atoms with E-state index in [-0.39, 0.29) is 30.1 Å². The molecule has 7 rings (SSSR count). The Morgan fingerprint density at radius 2 is 1.81 bits per heavy atom. The number of aromatic nitrogens is 7. The van der Waals surface area contributed by atoms with E-state index in [9.17, 15) is 4.79 Å². The highest BCUT2D eigenvalue weighted by atomic mass is 16.5. The molecule has 1 saturated heterocycles. The van der Waals surface area contributed by atoms with Crippen molar-refractivity contribution in [3.8, 4) is 11.6 Å². The van der Waals surface area contributed by atoms with Gasteiger partial charge in [0.2, 0.25) is 5.95 Å². The fourth-order valence-corrected chi connectivity index (χ4v) is 6.92. The first-order chi connectivity index (χ1) is 25.4. The highest BCUT2D eigenvalue weighted by Gasteiger charge is 2.31. The number of ether oxygens (including phenoxy) is 1. The summed E-state index contributed by atoms with van der Waals surface area (Å²) in [6, 6.07) is 16.0. The number of urea groups is 1. The third kappa shape index (κ3) is 8.62. The molecule has 0 saturated carbocycles. The number of nitrogens with one attached hydrogen (secondary N) is 2. The van der Waals surface area contributed by atoms with E-state index in [2.05, 4.69) is 70.5 Å². The van der Waals surface area contributed by atoms with E-state index in [1.807, 2.05) is 72.0 Å². The molecule has 5 aromatic rings. The van der Waals surface area contributed by atoms with Gasteiger partial charge in [-0.3, -0.25) is 19.2 Å². The summed E-state index contributed by atoms with van der Waals surface area (Å²) in [5.74, 6) is 2.85. The number of hydrogen-bond donors (Lipinski definition) is 3. The van der Waals surface area contributed by atoms with E-state index < -0.39 is 0 Å². The van der Waals surface area contributed by atoms with Crippen LogP contribution in [0.25, 0.3) is 11.5 Å². The molecule has 53 heavy (non-hydrogen) atoms. The van der Waals surface area contributed by atoms with Crippen LogP contribution in [-0.4, -0.2) is 89.9 Å². The predicted octanol–water partition coefficient (Wildman–Crippen LogP) is 5.83. The zero-order chi connectivity index (χ0) is 37.7. The van der Waals surface area contributed by atoms with Crippen LogP contribution in [0.2, 0.25) is 0 Å². The first-order valence-electron chi connectivity index (χ1n) is 18.3. The Bertz CT molecular complexity index is 2010. The lowest BCUT2D eigenvalue weighted by Crippen LogP contribution is -2.38. The van der Waals surface area contributed by atoms with E-state index in [1.54, 1.807) is 4.68 Å². The fraction of sp³-hybridized carbons (Fsp3) is 0.474. The van der Waals surface area contributed by atoms with Crippen molar-refractivity contribution in [1.29, 1.82) is 0 Å². The normalized spacial score (nSPS) is 18.6. The summed E-state index contributed by atoms with van der Waals surface area (Å²) in [6.07, 6.45) is 8.82. The molecule has 0 radical (unpaired) electrons. The van der Waals surface area contributed by atoms with Crippen molar-refractivity contribution < 1.29 is 19.4 Å². The molecule has 282 valence electrons. The second-order valence-corrected chi connectivity index (χ2v) is 15.0. The lowest BCUT2D eigenvalue weighted by atomic mass is 9.85. The largest absolute Gasteiger partial charge is 0.484 e. The molecule has 0 spiro atoms. The van der Waals surface area contributed by atoms with Gasteiger partial charge in [-0.25, -0.2) is 4.79 Å². The summed E-state index contributed by atoms with van der Waals surface area (Å²) in [7, 11) is 4.08. The summed E-state index contributed by atoms with van der Waals surface area (Å²) in [5.41, 5.74) is 3.57. The third-order valence-electron chi connectivity index (χ3n) is 9.78. The van der Waals surface area contributed by atoms with Gasteiger partial charge < -0.3 is 25.0 Å². The maximum Gasteiger partial charge on any atom is 0.320 e. The van der Waals surface area contributed by atoms with Gasteiger partial charge in [0.15, 0.2) is 11.5 Å². The number of rotatable bonds is 9. The molecular formula is C38H51N11O4. The lowest BCUT2D eigenvalue weighted by Gasteiger charge is -2.33. The summed E-state index contributed by atoms with van der Waals surface area (Å²) < 4.78 is 12.3. The SMILES string of the molecule is CC1CCCCN1c1nnc2ccc(OC3CCC(NC(=O)Nc4cc(C(C)(C)C)nn4-c4ccn(CCN(C)C)n4)c4ccccc43)cn12.O=CO. The number of likely N-dealkylation sites (N-methyl/N-ethyl adjacent to an activating group) is 1. The maximum atomic E-state index is 13.6. The number of anilines is 2. The van der Waals surface area contributed by atoms with Gasteiger partial charge in [-0.2, -0.15) is 14.9 Å². The number of carboxylic acid groups (broad SMARTS) is 1. The van der Waals surface area contributed by atoms with Gasteiger partial charge in [-0.1, -0.05) is 45.0 Å². The summed E-state index contributed by atoms with van der Waals surface area (Å²) >= 11 is 0. The topological polar surface area (TPSA) is 160 Å².